The summed E-state index contributed by atoms with van der Waals surface area (Å²) in [5, 5.41) is 17.4. The number of fused-ring (bicyclic) bond motifs is 12. The lowest BCUT2D eigenvalue weighted by molar-refractivity contribution is -0.00480. The molecule has 2 atom stereocenters. The predicted molar refractivity (Wildman–Crippen MR) is 356 cm³/mol. The van der Waals surface area contributed by atoms with Gasteiger partial charge in [0.25, 0.3) is 0 Å². The zero-order valence-electron chi connectivity index (χ0n) is 48.6. The summed E-state index contributed by atoms with van der Waals surface area (Å²) >= 11 is 0. The molecule has 2 aromatic heterocycles. The number of anilines is 6. The van der Waals surface area contributed by atoms with Gasteiger partial charge < -0.3 is 18.6 Å². The van der Waals surface area contributed by atoms with Crippen LogP contribution in [0, 0.1) is 35.5 Å². The van der Waals surface area contributed by atoms with E-state index in [1.54, 1.807) is 0 Å². The van der Waals surface area contributed by atoms with E-state index in [0.29, 0.717) is 11.8 Å². The topological polar surface area (TPSA) is 32.8 Å². The van der Waals surface area contributed by atoms with Crippen molar-refractivity contribution in [3.05, 3.63) is 217 Å². The largest absolute Gasteiger partial charge is 0.454 e. The zero-order chi connectivity index (χ0) is 55.9. The first-order valence-electron chi connectivity index (χ1n) is 32.0. The predicted octanol–water partition coefficient (Wildman–Crippen LogP) is 23.2. The van der Waals surface area contributed by atoms with Gasteiger partial charge in [-0.15, -0.1) is 0 Å². The van der Waals surface area contributed by atoms with Crippen LogP contribution in [0.3, 0.4) is 0 Å². The Morgan fingerprint density at radius 3 is 1.15 bits per heavy atom. The Kier molecular flexibility index (Phi) is 10.3. The summed E-state index contributed by atoms with van der Waals surface area (Å²) in [5.41, 5.74) is 13.7. The number of furan rings is 2. The van der Waals surface area contributed by atoms with Crippen molar-refractivity contribution in [3.8, 4) is 0 Å². The van der Waals surface area contributed by atoms with Crippen molar-refractivity contribution in [1.29, 1.82) is 0 Å². The number of benzene rings is 12. The van der Waals surface area contributed by atoms with Crippen LogP contribution in [-0.4, -0.2) is 0 Å². The lowest BCUT2D eigenvalue weighted by Crippen LogP contribution is -2.48. The maximum absolute atomic E-state index is 7.68. The van der Waals surface area contributed by atoms with Crippen molar-refractivity contribution in [3.63, 3.8) is 0 Å². The van der Waals surface area contributed by atoms with Gasteiger partial charge in [0.05, 0.1) is 22.7 Å². The van der Waals surface area contributed by atoms with Crippen molar-refractivity contribution < 1.29 is 8.83 Å². The molecule has 0 radical (unpaired) electrons. The fourth-order valence-electron chi connectivity index (χ4n) is 20.0. The molecule has 6 aliphatic carbocycles. The molecule has 4 heteroatoms. The molecule has 0 amide bonds. The van der Waals surface area contributed by atoms with E-state index in [1.807, 2.05) is 0 Å². The first kappa shape index (κ1) is 48.7. The summed E-state index contributed by atoms with van der Waals surface area (Å²) in [6.07, 6.45) is 14.4. The van der Waals surface area contributed by atoms with Crippen LogP contribution in [-0.2, 0) is 10.8 Å². The lowest BCUT2D eigenvalue weighted by atomic mass is 9.48. The molecule has 85 heavy (non-hydrogen) atoms. The Morgan fingerprint density at radius 2 is 0.694 bits per heavy atom. The maximum atomic E-state index is 7.68. The first-order valence-corrected chi connectivity index (χ1v) is 32.0. The summed E-state index contributed by atoms with van der Waals surface area (Å²) in [4.78, 5) is 4.97. The van der Waals surface area contributed by atoms with Crippen LogP contribution in [0.25, 0.3) is 97.7 Å². The van der Waals surface area contributed by atoms with Gasteiger partial charge in [-0.3, -0.25) is 0 Å². The van der Waals surface area contributed by atoms with E-state index in [2.05, 4.69) is 230 Å². The molecular formula is C81H68N2O2. The Bertz CT molecular complexity index is 4990. The van der Waals surface area contributed by atoms with Crippen LogP contribution in [0.4, 0.5) is 34.1 Å². The zero-order valence-corrected chi connectivity index (χ0v) is 48.6. The number of rotatable bonds is 8. The van der Waals surface area contributed by atoms with Crippen molar-refractivity contribution in [2.45, 2.75) is 95.3 Å². The molecule has 0 N–H and O–H groups in total. The molecule has 20 rings (SSSR count). The average molecular weight is 1100 g/mol. The van der Waals surface area contributed by atoms with Crippen molar-refractivity contribution in [2.75, 3.05) is 9.80 Å². The Labute approximate surface area is 496 Å². The third-order valence-corrected chi connectivity index (χ3v) is 22.4. The number of hydrogen-bond donors (Lipinski definition) is 0. The number of nitrogens with zero attached hydrogens (tertiary/aromatic N) is 2. The minimum absolute atomic E-state index is 0.0845. The van der Waals surface area contributed by atoms with Crippen LogP contribution in [0.2, 0.25) is 0 Å². The van der Waals surface area contributed by atoms with Gasteiger partial charge in [-0.25, -0.2) is 0 Å². The Hall–Kier alpha value is -8.60. The molecule has 2 unspecified atom stereocenters. The Balaban J connectivity index is 0.824. The molecule has 0 spiro atoms. The van der Waals surface area contributed by atoms with Crippen LogP contribution >= 0.6 is 0 Å². The molecule has 6 fully saturated rings. The molecule has 14 aromatic rings. The summed E-state index contributed by atoms with van der Waals surface area (Å²) < 4.78 is 15.4. The smallest absolute Gasteiger partial charge is 0.159 e. The van der Waals surface area contributed by atoms with Gasteiger partial charge in [0, 0.05) is 54.8 Å². The lowest BCUT2D eigenvalue weighted by Gasteiger charge is -2.57. The highest BCUT2D eigenvalue weighted by Gasteiger charge is 2.53. The SMILES string of the molecule is CC1CC2CC(C)CC(c3cc4ccccc4c4c3oc3c(N(c5ccccc5)c5ccc6ccc7c(N(c8ccccc8)c8cccc9c8oc8c(C%10%11CC%12CC(CC(C%12)C%10)C%11)cc%10ccccc%10c89)ccc8ccc5c6c87)cccc34)(C1)C2. The van der Waals surface area contributed by atoms with E-state index in [4.69, 9.17) is 8.83 Å². The van der Waals surface area contributed by atoms with Gasteiger partial charge in [0.15, 0.2) is 11.2 Å². The second-order valence-corrected chi connectivity index (χ2v) is 27.8. The van der Waals surface area contributed by atoms with Crippen molar-refractivity contribution >= 4 is 132 Å². The van der Waals surface area contributed by atoms with E-state index in [9.17, 15) is 0 Å². The van der Waals surface area contributed by atoms with Crippen LogP contribution in [0.5, 0.6) is 0 Å². The van der Waals surface area contributed by atoms with E-state index in [1.165, 1.54) is 157 Å². The molecule has 0 saturated heterocycles. The first-order chi connectivity index (χ1) is 41.8. The molecule has 4 nitrogen and oxygen atoms in total. The molecule has 12 aromatic carbocycles. The fourth-order valence-corrected chi connectivity index (χ4v) is 20.0. The van der Waals surface area contributed by atoms with Gasteiger partial charge in [0.1, 0.15) is 11.2 Å². The van der Waals surface area contributed by atoms with Crippen LogP contribution in [0.1, 0.15) is 95.6 Å². The van der Waals surface area contributed by atoms with Crippen molar-refractivity contribution in [1.82, 2.24) is 0 Å². The van der Waals surface area contributed by atoms with Crippen molar-refractivity contribution in [2.24, 2.45) is 35.5 Å². The molecule has 6 saturated carbocycles. The Morgan fingerprint density at radius 1 is 0.306 bits per heavy atom. The standard InChI is InChI=1S/C81H68N2O2/c1-48-35-50-36-49(2)43-80(42-48,44-50)66-40-56-15-9-11-21-60(56)74-64-23-13-25-70(76(64)84-78(66)74)82(58-17-5-3-6-18-58)68-33-29-54-28-32-63-69(34-30-55-27-31-62(68)72(54)73(55)63)83(59-19-7-4-8-20-59)71-26-14-24-65-75-61-22-12-10-16-57(61)41-67(79(75)85-77(65)71)81-45-51-37-52(46-81)39-53(38-51)47-81/h3-34,40-41,48-53H,35-39,42-47H2,1-2H3. The third-order valence-electron chi connectivity index (χ3n) is 22.4. The van der Waals surface area contributed by atoms with Crippen LogP contribution in [0.15, 0.2) is 215 Å². The van der Waals surface area contributed by atoms with E-state index in [-0.39, 0.29) is 10.8 Å². The number of para-hydroxylation sites is 4. The average Bonchev–Trinajstić information content (AvgIpc) is 2.83. The van der Waals surface area contributed by atoms with Gasteiger partial charge in [0.2, 0.25) is 0 Å². The third kappa shape index (κ3) is 7.09. The molecule has 0 aliphatic heterocycles. The second kappa shape index (κ2) is 18.0. The number of hydrogen-bond acceptors (Lipinski definition) is 4. The van der Waals surface area contributed by atoms with E-state index in [0.717, 1.165) is 80.1 Å². The van der Waals surface area contributed by atoms with Gasteiger partial charge in [-0.1, -0.05) is 159 Å². The summed E-state index contributed by atoms with van der Waals surface area (Å²) in [5.74, 6) is 4.60. The van der Waals surface area contributed by atoms with Gasteiger partial charge >= 0.3 is 0 Å². The second-order valence-electron chi connectivity index (χ2n) is 27.8. The molecule has 2 heterocycles. The highest BCUT2D eigenvalue weighted by molar-refractivity contribution is 6.30. The van der Waals surface area contributed by atoms with E-state index >= 15 is 0 Å². The highest BCUT2D eigenvalue weighted by atomic mass is 16.3. The quantitative estimate of drug-likeness (QED) is 0.142. The monoisotopic (exact) mass is 1100 g/mol. The normalized spacial score (nSPS) is 24.6. The molecule has 6 aliphatic rings. The fraction of sp³-hybridized carbons (Fsp3) is 0.259. The summed E-state index contributed by atoms with van der Waals surface area (Å²) in [6, 6.07) is 77.9. The molecule has 6 bridgehead atoms. The molecular weight excluding hydrogens is 1030 g/mol. The summed E-state index contributed by atoms with van der Waals surface area (Å²) in [7, 11) is 0. The van der Waals surface area contributed by atoms with Crippen LogP contribution < -0.4 is 9.80 Å². The van der Waals surface area contributed by atoms with E-state index < -0.39 is 0 Å². The summed E-state index contributed by atoms with van der Waals surface area (Å²) in [6.45, 7) is 5.00. The maximum Gasteiger partial charge on any atom is 0.159 e. The minimum Gasteiger partial charge on any atom is -0.454 e. The highest BCUT2D eigenvalue weighted by Crippen LogP contribution is 2.63. The van der Waals surface area contributed by atoms with Gasteiger partial charge in [-0.05, 0) is 221 Å². The minimum atomic E-state index is 0.0845. The van der Waals surface area contributed by atoms with Gasteiger partial charge in [-0.2, -0.15) is 0 Å². The molecule has 414 valence electrons.